The average Bonchev–Trinajstić information content (AvgIpc) is 2.64. The zero-order chi connectivity index (χ0) is 12.9. The summed E-state index contributed by atoms with van der Waals surface area (Å²) in [6.07, 6.45) is 1.18. The molecule has 0 aromatic carbocycles. The lowest BCUT2D eigenvalue weighted by Crippen LogP contribution is -2.38. The van der Waals surface area contributed by atoms with Gasteiger partial charge >= 0.3 is 6.09 Å². The van der Waals surface area contributed by atoms with E-state index in [1.165, 1.54) is 0 Å². The lowest BCUT2D eigenvalue weighted by molar-refractivity contribution is 0.0291. The highest BCUT2D eigenvalue weighted by Crippen LogP contribution is 2.15. The van der Waals surface area contributed by atoms with Crippen molar-refractivity contribution in [2.75, 3.05) is 19.6 Å². The highest BCUT2D eigenvalue weighted by molar-refractivity contribution is 5.68. The monoisotopic (exact) mass is 239 g/mol. The largest absolute Gasteiger partial charge is 0.444 e. The fourth-order valence-electron chi connectivity index (χ4n) is 1.75. The minimum atomic E-state index is -0.441. The summed E-state index contributed by atoms with van der Waals surface area (Å²) in [5.74, 6) is 0. The second kappa shape index (κ2) is 5.87. The van der Waals surface area contributed by atoms with E-state index in [0.29, 0.717) is 19.5 Å². The predicted octanol–water partition coefficient (Wildman–Crippen LogP) is 1.50. The second-order valence-corrected chi connectivity index (χ2v) is 5.27. The zero-order valence-electron chi connectivity index (χ0n) is 10.8. The van der Waals surface area contributed by atoms with Crippen molar-refractivity contribution in [2.24, 2.45) is 0 Å². The van der Waals surface area contributed by atoms with E-state index in [1.807, 2.05) is 20.8 Å². The number of hydrogen-bond acceptors (Lipinski definition) is 4. The van der Waals surface area contributed by atoms with Crippen LogP contribution in [0.5, 0.6) is 0 Å². The average molecular weight is 239 g/mol. The third kappa shape index (κ3) is 5.05. The third-order valence-corrected chi connectivity index (χ3v) is 2.51. The molecule has 5 nitrogen and oxygen atoms in total. The number of ether oxygens (including phenoxy) is 1. The normalized spacial score (nSPS) is 20.1. The lowest BCUT2D eigenvalue weighted by atomic mass is 10.2. The molecule has 0 aromatic heterocycles. The molecule has 0 saturated carbocycles. The van der Waals surface area contributed by atoms with Crippen molar-refractivity contribution in [1.29, 1.82) is 5.26 Å². The second-order valence-electron chi connectivity index (χ2n) is 5.27. The molecule has 1 fully saturated rings. The number of nitrogens with zero attached hydrogens (tertiary/aromatic N) is 2. The number of nitriles is 1. The summed E-state index contributed by atoms with van der Waals surface area (Å²) in [4.78, 5) is 13.5. The highest BCUT2D eigenvalue weighted by atomic mass is 16.6. The molecule has 1 rings (SSSR count). The molecule has 0 spiro atoms. The highest BCUT2D eigenvalue weighted by Gasteiger charge is 2.29. The fourth-order valence-corrected chi connectivity index (χ4v) is 1.75. The van der Waals surface area contributed by atoms with Crippen LogP contribution in [0.4, 0.5) is 4.79 Å². The Morgan fingerprint density at radius 3 is 2.88 bits per heavy atom. The third-order valence-electron chi connectivity index (χ3n) is 2.51. The van der Waals surface area contributed by atoms with E-state index in [4.69, 9.17) is 10.00 Å². The van der Waals surface area contributed by atoms with Crippen LogP contribution in [0.3, 0.4) is 0 Å². The number of carbonyl (C=O) groups excluding carboxylic acids is 1. The molecule has 0 aliphatic carbocycles. The summed E-state index contributed by atoms with van der Waals surface area (Å²) in [7, 11) is 0. The smallest absolute Gasteiger partial charge is 0.410 e. The van der Waals surface area contributed by atoms with Crippen LogP contribution >= 0.6 is 0 Å². The van der Waals surface area contributed by atoms with E-state index in [9.17, 15) is 4.79 Å². The Hall–Kier alpha value is -1.28. The van der Waals surface area contributed by atoms with Gasteiger partial charge in [0.15, 0.2) is 0 Å². The molecule has 1 N–H and O–H groups in total. The Bertz CT molecular complexity index is 304. The molecule has 5 heteroatoms. The summed E-state index contributed by atoms with van der Waals surface area (Å²) in [6.45, 7) is 7.67. The van der Waals surface area contributed by atoms with E-state index in [0.717, 1.165) is 13.0 Å². The van der Waals surface area contributed by atoms with Gasteiger partial charge in [0.05, 0.1) is 6.07 Å². The molecule has 1 amide bonds. The van der Waals surface area contributed by atoms with Crippen LogP contribution in [0.25, 0.3) is 0 Å². The van der Waals surface area contributed by atoms with E-state index in [-0.39, 0.29) is 12.1 Å². The predicted molar refractivity (Wildman–Crippen MR) is 64.4 cm³/mol. The maximum Gasteiger partial charge on any atom is 0.410 e. The van der Waals surface area contributed by atoms with Crippen molar-refractivity contribution in [3.05, 3.63) is 0 Å². The van der Waals surface area contributed by atoms with Crippen LogP contribution in [0, 0.1) is 11.3 Å². The molecular weight excluding hydrogens is 218 g/mol. The molecular formula is C12H21N3O2. The van der Waals surface area contributed by atoms with Crippen molar-refractivity contribution >= 4 is 6.09 Å². The van der Waals surface area contributed by atoms with Crippen LogP contribution in [-0.2, 0) is 4.74 Å². The van der Waals surface area contributed by atoms with Gasteiger partial charge in [-0.05, 0) is 27.2 Å². The molecule has 1 aliphatic rings. The first-order chi connectivity index (χ1) is 7.92. The van der Waals surface area contributed by atoms with Gasteiger partial charge in [0.1, 0.15) is 5.60 Å². The molecule has 1 unspecified atom stereocenters. The maximum atomic E-state index is 11.8. The molecule has 0 aromatic rings. The van der Waals surface area contributed by atoms with Gasteiger partial charge in [-0.25, -0.2) is 4.79 Å². The van der Waals surface area contributed by atoms with Gasteiger partial charge in [-0.3, -0.25) is 0 Å². The molecule has 0 radical (unpaired) electrons. The van der Waals surface area contributed by atoms with E-state index in [1.54, 1.807) is 4.90 Å². The van der Waals surface area contributed by atoms with Gasteiger partial charge in [-0.1, -0.05) is 0 Å². The Kier molecular flexibility index (Phi) is 4.76. The Balaban J connectivity index is 2.30. The number of likely N-dealkylation sites (tertiary alicyclic amines) is 1. The topological polar surface area (TPSA) is 65.4 Å². The van der Waals surface area contributed by atoms with Crippen molar-refractivity contribution in [3.8, 4) is 6.07 Å². The number of hydrogen-bond donors (Lipinski definition) is 1. The summed E-state index contributed by atoms with van der Waals surface area (Å²) in [5.41, 5.74) is -0.441. The molecule has 0 bridgehead atoms. The van der Waals surface area contributed by atoms with Crippen LogP contribution in [0.1, 0.15) is 33.6 Å². The van der Waals surface area contributed by atoms with Crippen molar-refractivity contribution in [3.63, 3.8) is 0 Å². The molecule has 1 aliphatic heterocycles. The Morgan fingerprint density at radius 2 is 2.29 bits per heavy atom. The van der Waals surface area contributed by atoms with Gasteiger partial charge < -0.3 is 15.0 Å². The zero-order valence-corrected chi connectivity index (χ0v) is 10.8. The van der Waals surface area contributed by atoms with Gasteiger partial charge in [0.25, 0.3) is 0 Å². The quantitative estimate of drug-likeness (QED) is 0.758. The first kappa shape index (κ1) is 13.8. The number of nitrogens with one attached hydrogen (secondary N) is 1. The van der Waals surface area contributed by atoms with E-state index < -0.39 is 5.60 Å². The molecule has 1 atom stereocenters. The fraction of sp³-hybridized carbons (Fsp3) is 0.833. The van der Waals surface area contributed by atoms with Gasteiger partial charge in [-0.2, -0.15) is 5.26 Å². The number of carbonyl (C=O) groups is 1. The number of rotatable bonds is 3. The van der Waals surface area contributed by atoms with Crippen molar-refractivity contribution < 1.29 is 9.53 Å². The van der Waals surface area contributed by atoms with Gasteiger partial charge in [0.2, 0.25) is 0 Å². The Morgan fingerprint density at radius 1 is 1.59 bits per heavy atom. The lowest BCUT2D eigenvalue weighted by Gasteiger charge is -2.24. The SMILES string of the molecule is CC(C)(C)OC(=O)N1CCC(NCCC#N)C1. The van der Waals surface area contributed by atoms with Crippen LogP contribution in [0.2, 0.25) is 0 Å². The molecule has 1 heterocycles. The number of amides is 1. The first-order valence-corrected chi connectivity index (χ1v) is 6.00. The Labute approximate surface area is 103 Å². The summed E-state index contributed by atoms with van der Waals surface area (Å²) >= 11 is 0. The maximum absolute atomic E-state index is 11.8. The van der Waals surface area contributed by atoms with E-state index >= 15 is 0 Å². The van der Waals surface area contributed by atoms with Gasteiger partial charge in [-0.15, -0.1) is 0 Å². The van der Waals surface area contributed by atoms with Gasteiger partial charge in [0, 0.05) is 32.1 Å². The van der Waals surface area contributed by atoms with Crippen molar-refractivity contribution in [2.45, 2.75) is 45.3 Å². The van der Waals surface area contributed by atoms with Crippen LogP contribution in [0.15, 0.2) is 0 Å². The molecule has 17 heavy (non-hydrogen) atoms. The summed E-state index contributed by atoms with van der Waals surface area (Å²) in [6, 6.07) is 2.38. The molecule has 1 saturated heterocycles. The van der Waals surface area contributed by atoms with Crippen LogP contribution < -0.4 is 5.32 Å². The van der Waals surface area contributed by atoms with Crippen molar-refractivity contribution in [1.82, 2.24) is 10.2 Å². The van der Waals surface area contributed by atoms with Crippen LogP contribution in [-0.4, -0.2) is 42.3 Å². The summed E-state index contributed by atoms with van der Waals surface area (Å²) < 4.78 is 5.30. The minimum absolute atomic E-state index is 0.248. The first-order valence-electron chi connectivity index (χ1n) is 6.00. The minimum Gasteiger partial charge on any atom is -0.444 e. The molecule has 96 valence electrons. The standard InChI is InChI=1S/C12H21N3O2/c1-12(2,3)17-11(16)15-8-5-10(9-15)14-7-4-6-13/h10,14H,4-5,7-9H2,1-3H3. The van der Waals surface area contributed by atoms with E-state index in [2.05, 4.69) is 11.4 Å². The summed E-state index contributed by atoms with van der Waals surface area (Å²) in [5, 5.41) is 11.7.